The molecule has 9 nitrogen and oxygen atoms in total. The van der Waals surface area contributed by atoms with Crippen molar-refractivity contribution in [1.29, 1.82) is 0 Å². The third-order valence-electron chi connectivity index (χ3n) is 10.4. The monoisotopic (exact) mass is 621 g/mol. The Morgan fingerprint density at radius 1 is 0.909 bits per heavy atom. The number of sulfonamides is 1. The second kappa shape index (κ2) is 12.8. The maximum absolute atomic E-state index is 14.2. The van der Waals surface area contributed by atoms with Gasteiger partial charge in [0.25, 0.3) is 0 Å². The van der Waals surface area contributed by atoms with E-state index in [0.29, 0.717) is 25.2 Å². The summed E-state index contributed by atoms with van der Waals surface area (Å²) in [7, 11) is 4.03. The summed E-state index contributed by atoms with van der Waals surface area (Å²) in [5.74, 6) is 0.734. The summed E-state index contributed by atoms with van der Waals surface area (Å²) in [6, 6.07) is 15.5. The van der Waals surface area contributed by atoms with Gasteiger partial charge in [-0.05, 0) is 113 Å². The molecule has 1 aromatic heterocycles. The Labute approximate surface area is 262 Å². The molecule has 238 valence electrons. The maximum Gasteiger partial charge on any atom is 0.243 e. The van der Waals surface area contributed by atoms with Gasteiger partial charge in [0.1, 0.15) is 5.75 Å². The number of hydrogen-bond donors (Lipinski definition) is 0. The standard InChI is InChI=1S/C34H47N5O4S/c1-35(2)27-14-17-37(18-15-27)29-8-5-7-28(23-29)36(3)34(40)24-33-32-9-6-16-38(32)19-20-39(33)44(41,42)31-13-11-25-21-30(43-4)12-10-26(25)22-31/h6,9-13,16,21-22,27-29,33H,5,7-8,14-15,17-20,23-24H2,1-4H3. The zero-order valence-corrected chi connectivity index (χ0v) is 27.4. The summed E-state index contributed by atoms with van der Waals surface area (Å²) in [6.07, 6.45) is 8.78. The average molecular weight is 622 g/mol. The van der Waals surface area contributed by atoms with Crippen LogP contribution in [0, 0.1) is 0 Å². The van der Waals surface area contributed by atoms with Gasteiger partial charge in [0, 0.05) is 56.6 Å². The van der Waals surface area contributed by atoms with Crippen LogP contribution in [0.2, 0.25) is 0 Å². The lowest BCUT2D eigenvalue weighted by Crippen LogP contribution is -2.51. The van der Waals surface area contributed by atoms with E-state index in [-0.39, 0.29) is 23.3 Å². The number of benzene rings is 2. The number of carbonyl (C=O) groups excluding carboxylic acids is 1. The average Bonchev–Trinajstić information content (AvgIpc) is 3.53. The molecule has 0 spiro atoms. The van der Waals surface area contributed by atoms with Crippen LogP contribution in [0.5, 0.6) is 5.75 Å². The molecule has 3 atom stereocenters. The first-order valence-corrected chi connectivity index (χ1v) is 17.5. The van der Waals surface area contributed by atoms with Crippen molar-refractivity contribution in [2.24, 2.45) is 0 Å². The summed E-state index contributed by atoms with van der Waals surface area (Å²) in [5, 5.41) is 1.74. The Balaban J connectivity index is 1.19. The number of carbonyl (C=O) groups is 1. The number of fused-ring (bicyclic) bond motifs is 2. The van der Waals surface area contributed by atoms with Crippen molar-refractivity contribution < 1.29 is 17.9 Å². The van der Waals surface area contributed by atoms with E-state index in [4.69, 9.17) is 4.74 Å². The SMILES string of the molecule is COc1ccc2cc(S(=O)(=O)N3CCn4cccc4C3CC(=O)N(C)C3CCCC(N4CCC(N(C)C)CC4)C3)ccc2c1. The summed E-state index contributed by atoms with van der Waals surface area (Å²) in [4.78, 5) is 21.1. The zero-order valence-electron chi connectivity index (χ0n) is 26.6. The number of likely N-dealkylation sites (tertiary alicyclic amines) is 1. The second-order valence-electron chi connectivity index (χ2n) is 13.0. The highest BCUT2D eigenvalue weighted by Gasteiger charge is 2.40. The Morgan fingerprint density at radius 2 is 1.66 bits per heavy atom. The quantitative estimate of drug-likeness (QED) is 0.367. The van der Waals surface area contributed by atoms with Gasteiger partial charge in [0.15, 0.2) is 0 Å². The molecule has 3 aromatic rings. The molecule has 2 aliphatic heterocycles. The minimum absolute atomic E-state index is 0.00687. The van der Waals surface area contributed by atoms with Crippen molar-refractivity contribution in [2.75, 3.05) is 47.9 Å². The van der Waals surface area contributed by atoms with E-state index in [1.54, 1.807) is 23.5 Å². The van der Waals surface area contributed by atoms with Gasteiger partial charge in [-0.3, -0.25) is 4.79 Å². The fraction of sp³-hybridized carbons (Fsp3) is 0.559. The number of piperidine rings is 1. The first-order valence-electron chi connectivity index (χ1n) is 16.1. The third-order valence-corrected chi connectivity index (χ3v) is 12.3. The van der Waals surface area contributed by atoms with Gasteiger partial charge in [0.2, 0.25) is 15.9 Å². The Kier molecular flexibility index (Phi) is 9.06. The van der Waals surface area contributed by atoms with Crippen LogP contribution in [0.25, 0.3) is 10.8 Å². The van der Waals surface area contributed by atoms with Crippen LogP contribution in [-0.4, -0.2) is 104 Å². The van der Waals surface area contributed by atoms with E-state index in [0.717, 1.165) is 54.6 Å². The molecule has 1 saturated carbocycles. The van der Waals surface area contributed by atoms with Crippen molar-refractivity contribution in [3.8, 4) is 5.75 Å². The lowest BCUT2D eigenvalue weighted by Gasteiger charge is -2.44. The van der Waals surface area contributed by atoms with Crippen LogP contribution in [0.1, 0.15) is 56.7 Å². The Morgan fingerprint density at radius 3 is 2.41 bits per heavy atom. The number of amides is 1. The molecule has 0 bridgehead atoms. The Hall–Kier alpha value is -2.92. The lowest BCUT2D eigenvalue weighted by molar-refractivity contribution is -0.134. The van der Waals surface area contributed by atoms with Crippen LogP contribution < -0.4 is 4.74 Å². The second-order valence-corrected chi connectivity index (χ2v) is 14.9. The molecule has 6 rings (SSSR count). The molecule has 10 heteroatoms. The number of hydrogen-bond acceptors (Lipinski definition) is 6. The molecular weight excluding hydrogens is 574 g/mol. The summed E-state index contributed by atoms with van der Waals surface area (Å²) < 4.78 is 37.4. The predicted octanol–water partition coefficient (Wildman–Crippen LogP) is 4.58. The number of methoxy groups -OCH3 is 1. The van der Waals surface area contributed by atoms with E-state index in [2.05, 4.69) is 28.5 Å². The number of ether oxygens (including phenoxy) is 1. The molecule has 2 aromatic carbocycles. The first-order chi connectivity index (χ1) is 21.2. The molecule has 1 saturated heterocycles. The highest BCUT2D eigenvalue weighted by molar-refractivity contribution is 7.89. The molecule has 1 amide bonds. The van der Waals surface area contributed by atoms with Crippen LogP contribution in [-0.2, 0) is 21.4 Å². The van der Waals surface area contributed by atoms with E-state index in [1.807, 2.05) is 54.5 Å². The van der Waals surface area contributed by atoms with E-state index in [1.165, 1.54) is 19.3 Å². The van der Waals surface area contributed by atoms with E-state index < -0.39 is 16.1 Å². The minimum Gasteiger partial charge on any atom is -0.497 e. The first kappa shape index (κ1) is 31.1. The van der Waals surface area contributed by atoms with Gasteiger partial charge in [-0.2, -0.15) is 4.31 Å². The lowest BCUT2D eigenvalue weighted by atomic mass is 9.87. The third kappa shape index (κ3) is 6.14. The highest BCUT2D eigenvalue weighted by atomic mass is 32.2. The topological polar surface area (TPSA) is 78.3 Å². The smallest absolute Gasteiger partial charge is 0.243 e. The Bertz CT molecular complexity index is 1580. The zero-order chi connectivity index (χ0) is 31.0. The fourth-order valence-corrected chi connectivity index (χ4v) is 9.29. The van der Waals surface area contributed by atoms with Gasteiger partial charge in [-0.15, -0.1) is 0 Å². The van der Waals surface area contributed by atoms with Crippen molar-refractivity contribution in [3.63, 3.8) is 0 Å². The van der Waals surface area contributed by atoms with Crippen LogP contribution in [0.4, 0.5) is 0 Å². The van der Waals surface area contributed by atoms with E-state index >= 15 is 0 Å². The summed E-state index contributed by atoms with van der Waals surface area (Å²) >= 11 is 0. The maximum atomic E-state index is 14.2. The minimum atomic E-state index is -3.86. The van der Waals surface area contributed by atoms with Crippen molar-refractivity contribution >= 4 is 26.7 Å². The molecular formula is C34H47N5O4S. The molecule has 0 N–H and O–H groups in total. The molecule has 1 aliphatic carbocycles. The predicted molar refractivity (Wildman–Crippen MR) is 173 cm³/mol. The highest BCUT2D eigenvalue weighted by Crippen LogP contribution is 2.36. The van der Waals surface area contributed by atoms with Gasteiger partial charge in [-0.25, -0.2) is 8.42 Å². The number of nitrogens with zero attached hydrogens (tertiary/aromatic N) is 5. The van der Waals surface area contributed by atoms with Gasteiger partial charge < -0.3 is 24.0 Å². The van der Waals surface area contributed by atoms with Crippen LogP contribution >= 0.6 is 0 Å². The molecule has 44 heavy (non-hydrogen) atoms. The van der Waals surface area contributed by atoms with E-state index in [9.17, 15) is 13.2 Å². The molecule has 3 aliphatic rings. The van der Waals surface area contributed by atoms with Gasteiger partial charge in [0.05, 0.1) is 18.0 Å². The summed E-state index contributed by atoms with van der Waals surface area (Å²) in [6.45, 7) is 3.11. The largest absolute Gasteiger partial charge is 0.497 e. The molecule has 3 unspecified atom stereocenters. The summed E-state index contributed by atoms with van der Waals surface area (Å²) in [5.41, 5.74) is 0.873. The number of aromatic nitrogens is 1. The molecule has 2 fully saturated rings. The van der Waals surface area contributed by atoms with Gasteiger partial charge >= 0.3 is 0 Å². The van der Waals surface area contributed by atoms with Crippen molar-refractivity contribution in [1.82, 2.24) is 23.6 Å². The molecule has 3 heterocycles. The normalized spacial score (nSPS) is 24.0. The van der Waals surface area contributed by atoms with Crippen molar-refractivity contribution in [2.45, 2.75) is 80.6 Å². The molecule has 0 radical (unpaired) electrons. The fourth-order valence-electron chi connectivity index (χ4n) is 7.66. The van der Waals surface area contributed by atoms with Gasteiger partial charge in [-0.1, -0.05) is 12.1 Å². The van der Waals surface area contributed by atoms with Crippen molar-refractivity contribution in [3.05, 3.63) is 60.4 Å². The van der Waals surface area contributed by atoms with Crippen LogP contribution in [0.15, 0.2) is 59.6 Å². The van der Waals surface area contributed by atoms with Crippen LogP contribution in [0.3, 0.4) is 0 Å². The number of rotatable bonds is 8.